The minimum atomic E-state index is -0.207. The van der Waals surface area contributed by atoms with Crippen LogP contribution in [0.3, 0.4) is 0 Å². The van der Waals surface area contributed by atoms with Crippen molar-refractivity contribution in [1.29, 1.82) is 0 Å². The molecule has 0 saturated carbocycles. The molecule has 25 heavy (non-hydrogen) atoms. The quantitative estimate of drug-likeness (QED) is 0.582. The van der Waals surface area contributed by atoms with Gasteiger partial charge in [0.15, 0.2) is 0 Å². The third-order valence-corrected chi connectivity index (χ3v) is 6.25. The predicted octanol–water partition coefficient (Wildman–Crippen LogP) is 4.55. The minimum Gasteiger partial charge on any atom is -0.281 e. The van der Waals surface area contributed by atoms with Crippen molar-refractivity contribution in [2.75, 3.05) is 0 Å². The van der Waals surface area contributed by atoms with E-state index in [1.165, 1.54) is 10.4 Å². The molecule has 6 heteroatoms. The van der Waals surface area contributed by atoms with Gasteiger partial charge >= 0.3 is 0 Å². The van der Waals surface area contributed by atoms with Gasteiger partial charge in [0.1, 0.15) is 11.4 Å². The molecule has 0 spiro atoms. The van der Waals surface area contributed by atoms with Crippen LogP contribution in [0.1, 0.15) is 21.7 Å². The molecule has 0 bridgehead atoms. The van der Waals surface area contributed by atoms with Crippen LogP contribution in [0.2, 0.25) is 0 Å². The number of fused-ring (bicyclic) bond motifs is 1. The van der Waals surface area contributed by atoms with Gasteiger partial charge in [-0.1, -0.05) is 42.5 Å². The van der Waals surface area contributed by atoms with Crippen molar-refractivity contribution in [3.63, 3.8) is 0 Å². The Balaban J connectivity index is 1.66. The first kappa shape index (κ1) is 14.7. The first-order valence-electron chi connectivity index (χ1n) is 7.96. The van der Waals surface area contributed by atoms with E-state index in [-0.39, 0.29) is 5.41 Å². The number of hydrogen-bond donors (Lipinski definition) is 1. The summed E-state index contributed by atoms with van der Waals surface area (Å²) in [4.78, 5) is 9.97. The molecule has 0 saturated heterocycles. The highest BCUT2D eigenvalue weighted by Gasteiger charge is 2.37. The third kappa shape index (κ3) is 2.29. The van der Waals surface area contributed by atoms with Crippen molar-refractivity contribution < 1.29 is 0 Å². The molecule has 0 radical (unpaired) electrons. The second-order valence-electron chi connectivity index (χ2n) is 6.05. The molecule has 5 rings (SSSR count). The number of aromatic amines is 1. The van der Waals surface area contributed by atoms with E-state index in [1.807, 2.05) is 22.6 Å². The van der Waals surface area contributed by atoms with Gasteiger partial charge in [0, 0.05) is 34.1 Å². The van der Waals surface area contributed by atoms with Crippen molar-refractivity contribution in [2.45, 2.75) is 11.8 Å². The molecule has 1 unspecified atom stereocenters. The lowest BCUT2D eigenvalue weighted by Crippen LogP contribution is -2.29. The summed E-state index contributed by atoms with van der Waals surface area (Å²) in [6, 6.07) is 10.6. The standard InChI is InChI=1S/C19H14N4S2/c1-2-4-13(5-3-1)19(17-9-20-11-25-17)7-6-14-15(8-19)22-23-18(14)16-10-24-12-21-16/h1-7,9-12H,8H2,(H,22,23). The molecule has 122 valence electrons. The van der Waals surface area contributed by atoms with Crippen molar-refractivity contribution in [3.05, 3.63) is 80.7 Å². The van der Waals surface area contributed by atoms with Gasteiger partial charge in [-0.25, -0.2) is 4.98 Å². The Kier molecular flexibility index (Phi) is 3.39. The maximum atomic E-state index is 4.54. The molecule has 1 atom stereocenters. The number of benzene rings is 1. The summed E-state index contributed by atoms with van der Waals surface area (Å²) in [5, 5.41) is 9.82. The van der Waals surface area contributed by atoms with Crippen LogP contribution in [0.4, 0.5) is 0 Å². The molecule has 1 aromatic carbocycles. The molecule has 3 heterocycles. The summed E-state index contributed by atoms with van der Waals surface area (Å²) in [5.41, 5.74) is 8.94. The molecule has 4 aromatic rings. The van der Waals surface area contributed by atoms with E-state index in [2.05, 4.69) is 62.6 Å². The van der Waals surface area contributed by atoms with E-state index < -0.39 is 0 Å². The van der Waals surface area contributed by atoms with E-state index in [1.54, 1.807) is 22.7 Å². The van der Waals surface area contributed by atoms with Gasteiger partial charge in [0.05, 0.1) is 16.4 Å². The van der Waals surface area contributed by atoms with Gasteiger partial charge in [-0.05, 0) is 5.56 Å². The Morgan fingerprint density at radius 2 is 2.04 bits per heavy atom. The number of nitrogens with zero attached hydrogens (tertiary/aromatic N) is 3. The lowest BCUT2D eigenvalue weighted by molar-refractivity contribution is 0.631. The molecule has 0 fully saturated rings. The topological polar surface area (TPSA) is 54.5 Å². The highest BCUT2D eigenvalue weighted by atomic mass is 32.1. The molecule has 4 nitrogen and oxygen atoms in total. The summed E-state index contributed by atoms with van der Waals surface area (Å²) < 4.78 is 0. The van der Waals surface area contributed by atoms with Crippen LogP contribution in [-0.2, 0) is 11.8 Å². The zero-order valence-electron chi connectivity index (χ0n) is 13.2. The van der Waals surface area contributed by atoms with Crippen molar-refractivity contribution >= 4 is 28.7 Å². The fourth-order valence-corrected chi connectivity index (χ4v) is 4.83. The van der Waals surface area contributed by atoms with Crippen molar-refractivity contribution in [3.8, 4) is 11.4 Å². The van der Waals surface area contributed by atoms with Crippen LogP contribution >= 0.6 is 22.7 Å². The van der Waals surface area contributed by atoms with Crippen molar-refractivity contribution in [2.24, 2.45) is 0 Å². The Morgan fingerprint density at radius 1 is 1.12 bits per heavy atom. The van der Waals surface area contributed by atoms with Gasteiger partial charge in [-0.15, -0.1) is 22.7 Å². The molecular weight excluding hydrogens is 348 g/mol. The van der Waals surface area contributed by atoms with Gasteiger partial charge in [0.25, 0.3) is 0 Å². The van der Waals surface area contributed by atoms with E-state index in [0.29, 0.717) is 0 Å². The van der Waals surface area contributed by atoms with Gasteiger partial charge in [-0.2, -0.15) is 5.10 Å². The van der Waals surface area contributed by atoms with Gasteiger partial charge < -0.3 is 0 Å². The number of H-pyrrole nitrogens is 1. The highest BCUT2D eigenvalue weighted by molar-refractivity contribution is 7.09. The first-order chi connectivity index (χ1) is 12.4. The molecule has 1 N–H and O–H groups in total. The average molecular weight is 362 g/mol. The summed E-state index contributed by atoms with van der Waals surface area (Å²) in [6.45, 7) is 0. The monoisotopic (exact) mass is 362 g/mol. The number of hydrogen-bond acceptors (Lipinski definition) is 5. The fourth-order valence-electron chi connectivity index (χ4n) is 3.47. The summed E-state index contributed by atoms with van der Waals surface area (Å²) >= 11 is 3.28. The van der Waals surface area contributed by atoms with Crippen LogP contribution in [0.5, 0.6) is 0 Å². The molecule has 0 amide bonds. The third-order valence-electron chi connectivity index (χ3n) is 4.71. The van der Waals surface area contributed by atoms with Crippen LogP contribution < -0.4 is 0 Å². The van der Waals surface area contributed by atoms with Crippen LogP contribution in [0.15, 0.2) is 59.0 Å². The zero-order chi connectivity index (χ0) is 16.7. The predicted molar refractivity (Wildman–Crippen MR) is 102 cm³/mol. The Bertz CT molecular complexity index is 1020. The average Bonchev–Trinajstić information content (AvgIpc) is 3.42. The minimum absolute atomic E-state index is 0.207. The lowest BCUT2D eigenvalue weighted by Gasteiger charge is -2.32. The Morgan fingerprint density at radius 3 is 2.80 bits per heavy atom. The SMILES string of the molecule is C1=CC(c2ccccc2)(c2cncs2)Cc2[nH]nc(-c3cscn3)c21. The number of allylic oxidation sites excluding steroid dienone is 1. The van der Waals surface area contributed by atoms with Crippen LogP contribution in [-0.4, -0.2) is 20.2 Å². The second kappa shape index (κ2) is 5.75. The molecule has 3 aromatic heterocycles. The lowest BCUT2D eigenvalue weighted by atomic mass is 9.72. The van der Waals surface area contributed by atoms with E-state index in [4.69, 9.17) is 0 Å². The Labute approximate surface area is 152 Å². The second-order valence-corrected chi connectivity index (χ2v) is 7.66. The van der Waals surface area contributed by atoms with E-state index >= 15 is 0 Å². The van der Waals surface area contributed by atoms with Crippen LogP contribution in [0, 0.1) is 0 Å². The number of nitrogens with one attached hydrogen (secondary N) is 1. The van der Waals surface area contributed by atoms with E-state index in [0.717, 1.165) is 29.1 Å². The smallest absolute Gasteiger partial charge is 0.119 e. The summed E-state index contributed by atoms with van der Waals surface area (Å²) in [6.07, 6.45) is 7.29. The fraction of sp³-hybridized carbons (Fsp3) is 0.105. The van der Waals surface area contributed by atoms with Gasteiger partial charge in [-0.3, -0.25) is 10.1 Å². The maximum Gasteiger partial charge on any atom is 0.119 e. The zero-order valence-corrected chi connectivity index (χ0v) is 14.8. The summed E-state index contributed by atoms with van der Waals surface area (Å²) in [7, 11) is 0. The largest absolute Gasteiger partial charge is 0.281 e. The number of thiazole rings is 2. The normalized spacial score (nSPS) is 19.0. The highest BCUT2D eigenvalue weighted by Crippen LogP contribution is 2.44. The van der Waals surface area contributed by atoms with Gasteiger partial charge in [0.2, 0.25) is 0 Å². The molecule has 1 aliphatic rings. The number of aromatic nitrogens is 4. The maximum absolute atomic E-state index is 4.54. The molecule has 0 aliphatic heterocycles. The van der Waals surface area contributed by atoms with Crippen LogP contribution in [0.25, 0.3) is 17.5 Å². The molecule has 1 aliphatic carbocycles. The van der Waals surface area contributed by atoms with Crippen molar-refractivity contribution in [1.82, 2.24) is 20.2 Å². The molecular formula is C19H14N4S2. The first-order valence-corrected chi connectivity index (χ1v) is 9.78. The van der Waals surface area contributed by atoms with E-state index in [9.17, 15) is 0 Å². The summed E-state index contributed by atoms with van der Waals surface area (Å²) in [5.74, 6) is 0. The number of rotatable bonds is 3. The Hall–Kier alpha value is -2.57.